The molecule has 1 unspecified atom stereocenters. The molecule has 0 spiro atoms. The van der Waals surface area contributed by atoms with Crippen LogP contribution in [0.4, 0.5) is 5.95 Å². The molecule has 0 radical (unpaired) electrons. The maximum Gasteiger partial charge on any atom is 0.332 e. The summed E-state index contributed by atoms with van der Waals surface area (Å²) in [7, 11) is 5.17. The van der Waals surface area contributed by atoms with Gasteiger partial charge in [0.05, 0.1) is 0 Å². The second-order valence-electron chi connectivity index (χ2n) is 5.74. The molecule has 2 aromatic rings. The Morgan fingerprint density at radius 1 is 1.24 bits per heavy atom. The first-order chi connectivity index (χ1) is 9.97. The Labute approximate surface area is 121 Å². The Kier molecular flexibility index (Phi) is 3.32. The Bertz CT molecular complexity index is 786. The third-order valence-electron chi connectivity index (χ3n) is 4.06. The summed E-state index contributed by atoms with van der Waals surface area (Å²) in [6.45, 7) is 2.04. The predicted octanol–water partition coefficient (Wildman–Crippen LogP) is -0.534. The molecule has 3 rings (SSSR count). The van der Waals surface area contributed by atoms with Gasteiger partial charge in [0.2, 0.25) is 5.95 Å². The standard InChI is InChI=1S/C13H20N6O2/c1-17-6-4-5-8(7-17)14-12-15-9-10(16-12)18(2)13(21)19(3)11(9)20/h8H,4-7H2,1-3H3,(H2,14,15,16). The summed E-state index contributed by atoms with van der Waals surface area (Å²) in [5.41, 5.74) is 0.0124. The number of aromatic amines is 1. The largest absolute Gasteiger partial charge is 0.352 e. The van der Waals surface area contributed by atoms with Gasteiger partial charge in [-0.2, -0.15) is 4.98 Å². The predicted molar refractivity (Wildman–Crippen MR) is 80.7 cm³/mol. The van der Waals surface area contributed by atoms with Gasteiger partial charge in [-0.1, -0.05) is 0 Å². The fourth-order valence-electron chi connectivity index (χ4n) is 2.87. The zero-order valence-electron chi connectivity index (χ0n) is 12.5. The number of H-pyrrole nitrogens is 1. The SMILES string of the molecule is CN1CCCC(Nc2nc3c([nH]2)c(=O)n(C)c(=O)n3C)C1. The van der Waals surface area contributed by atoms with Gasteiger partial charge in [0.25, 0.3) is 5.56 Å². The molecule has 2 aromatic heterocycles. The molecule has 1 aliphatic rings. The first-order valence-corrected chi connectivity index (χ1v) is 7.08. The van der Waals surface area contributed by atoms with E-state index < -0.39 is 0 Å². The van der Waals surface area contributed by atoms with Crippen LogP contribution >= 0.6 is 0 Å². The number of anilines is 1. The molecule has 1 fully saturated rings. The molecule has 0 amide bonds. The first kappa shape index (κ1) is 13.9. The third kappa shape index (κ3) is 2.35. The summed E-state index contributed by atoms with van der Waals surface area (Å²) >= 11 is 0. The van der Waals surface area contributed by atoms with Gasteiger partial charge in [-0.25, -0.2) is 4.79 Å². The minimum atomic E-state index is -0.372. The number of aromatic nitrogens is 4. The van der Waals surface area contributed by atoms with Crippen LogP contribution in [0.1, 0.15) is 12.8 Å². The van der Waals surface area contributed by atoms with E-state index in [-0.39, 0.29) is 11.2 Å². The average Bonchev–Trinajstić information content (AvgIpc) is 2.87. The van der Waals surface area contributed by atoms with Gasteiger partial charge in [-0.3, -0.25) is 13.9 Å². The summed E-state index contributed by atoms with van der Waals surface area (Å²) in [6, 6.07) is 0.296. The summed E-state index contributed by atoms with van der Waals surface area (Å²) in [6.07, 6.45) is 2.20. The molecule has 0 aromatic carbocycles. The molecule has 0 bridgehead atoms. The number of piperidine rings is 1. The molecule has 1 saturated heterocycles. The van der Waals surface area contributed by atoms with Gasteiger partial charge in [0, 0.05) is 26.7 Å². The Balaban J connectivity index is 1.98. The van der Waals surface area contributed by atoms with E-state index in [1.165, 1.54) is 11.6 Å². The van der Waals surface area contributed by atoms with Crippen LogP contribution in [0.2, 0.25) is 0 Å². The zero-order valence-corrected chi connectivity index (χ0v) is 12.5. The summed E-state index contributed by atoms with van der Waals surface area (Å²) in [5, 5.41) is 3.32. The molecule has 0 aliphatic carbocycles. The lowest BCUT2D eigenvalue weighted by molar-refractivity contribution is 0.260. The van der Waals surface area contributed by atoms with E-state index in [1.807, 2.05) is 0 Å². The zero-order chi connectivity index (χ0) is 15.1. The van der Waals surface area contributed by atoms with Crippen molar-refractivity contribution in [2.45, 2.75) is 18.9 Å². The van der Waals surface area contributed by atoms with Crippen LogP contribution in [-0.4, -0.2) is 50.2 Å². The van der Waals surface area contributed by atoms with Crippen molar-refractivity contribution in [3.8, 4) is 0 Å². The molecule has 21 heavy (non-hydrogen) atoms. The van der Waals surface area contributed by atoms with Crippen LogP contribution in [0, 0.1) is 0 Å². The van der Waals surface area contributed by atoms with Crippen LogP contribution in [0.25, 0.3) is 11.2 Å². The van der Waals surface area contributed by atoms with Crippen molar-refractivity contribution < 1.29 is 0 Å². The Morgan fingerprint density at radius 2 is 2.00 bits per heavy atom. The van der Waals surface area contributed by atoms with Crippen molar-refractivity contribution in [3.05, 3.63) is 20.8 Å². The summed E-state index contributed by atoms with van der Waals surface area (Å²) in [4.78, 5) is 33.6. The normalized spacial score (nSPS) is 20.0. The number of likely N-dealkylation sites (N-methyl/N-ethyl adjacent to an activating group) is 1. The van der Waals surface area contributed by atoms with Crippen LogP contribution < -0.4 is 16.6 Å². The Morgan fingerprint density at radius 3 is 2.71 bits per heavy atom. The van der Waals surface area contributed by atoms with Crippen molar-refractivity contribution in [2.24, 2.45) is 14.1 Å². The summed E-state index contributed by atoms with van der Waals surface area (Å²) < 4.78 is 2.46. The van der Waals surface area contributed by atoms with Gasteiger partial charge in [0.1, 0.15) is 0 Å². The molecule has 0 saturated carbocycles. The molecular formula is C13H20N6O2. The monoisotopic (exact) mass is 292 g/mol. The Hall–Kier alpha value is -2.09. The number of rotatable bonds is 2. The average molecular weight is 292 g/mol. The third-order valence-corrected chi connectivity index (χ3v) is 4.06. The number of likely N-dealkylation sites (tertiary alicyclic amines) is 1. The van der Waals surface area contributed by atoms with Gasteiger partial charge < -0.3 is 15.2 Å². The second-order valence-corrected chi connectivity index (χ2v) is 5.74. The highest BCUT2D eigenvalue weighted by atomic mass is 16.2. The molecule has 114 valence electrons. The quantitative estimate of drug-likeness (QED) is 0.776. The first-order valence-electron chi connectivity index (χ1n) is 7.08. The number of fused-ring (bicyclic) bond motifs is 1. The molecular weight excluding hydrogens is 272 g/mol. The lowest BCUT2D eigenvalue weighted by Gasteiger charge is -2.29. The molecule has 2 N–H and O–H groups in total. The van der Waals surface area contributed by atoms with E-state index in [0.29, 0.717) is 23.2 Å². The lowest BCUT2D eigenvalue weighted by Crippen LogP contribution is -2.39. The van der Waals surface area contributed by atoms with Gasteiger partial charge in [-0.15, -0.1) is 0 Å². The van der Waals surface area contributed by atoms with Crippen molar-refractivity contribution >= 4 is 17.1 Å². The highest BCUT2D eigenvalue weighted by molar-refractivity contribution is 5.72. The van der Waals surface area contributed by atoms with Gasteiger partial charge >= 0.3 is 5.69 Å². The topological polar surface area (TPSA) is 88.0 Å². The smallest absolute Gasteiger partial charge is 0.332 e. The molecule has 8 nitrogen and oxygen atoms in total. The van der Waals surface area contributed by atoms with Crippen molar-refractivity contribution in [3.63, 3.8) is 0 Å². The van der Waals surface area contributed by atoms with E-state index in [9.17, 15) is 9.59 Å². The summed E-state index contributed by atoms with van der Waals surface area (Å²) in [5.74, 6) is 0.545. The highest BCUT2D eigenvalue weighted by Crippen LogP contribution is 2.14. The fourth-order valence-corrected chi connectivity index (χ4v) is 2.87. The minimum Gasteiger partial charge on any atom is -0.352 e. The fraction of sp³-hybridized carbons (Fsp3) is 0.615. The van der Waals surface area contributed by atoms with Crippen LogP contribution in [0.3, 0.4) is 0 Å². The lowest BCUT2D eigenvalue weighted by atomic mass is 10.1. The van der Waals surface area contributed by atoms with Crippen molar-refractivity contribution in [2.75, 3.05) is 25.5 Å². The van der Waals surface area contributed by atoms with E-state index in [4.69, 9.17) is 0 Å². The van der Waals surface area contributed by atoms with Crippen LogP contribution in [-0.2, 0) is 14.1 Å². The maximum absolute atomic E-state index is 12.1. The van der Waals surface area contributed by atoms with Gasteiger partial charge in [-0.05, 0) is 26.4 Å². The highest BCUT2D eigenvalue weighted by Gasteiger charge is 2.19. The molecule has 3 heterocycles. The number of nitrogens with zero attached hydrogens (tertiary/aromatic N) is 4. The van der Waals surface area contributed by atoms with E-state index in [2.05, 4.69) is 27.2 Å². The number of hydrogen-bond acceptors (Lipinski definition) is 5. The number of nitrogens with one attached hydrogen (secondary N) is 2. The van der Waals surface area contributed by atoms with E-state index >= 15 is 0 Å². The van der Waals surface area contributed by atoms with Crippen LogP contribution in [0.5, 0.6) is 0 Å². The van der Waals surface area contributed by atoms with E-state index in [1.54, 1.807) is 7.05 Å². The van der Waals surface area contributed by atoms with Gasteiger partial charge in [0.15, 0.2) is 11.2 Å². The molecule has 1 aliphatic heterocycles. The van der Waals surface area contributed by atoms with Crippen LogP contribution in [0.15, 0.2) is 9.59 Å². The van der Waals surface area contributed by atoms with Crippen molar-refractivity contribution in [1.82, 2.24) is 24.0 Å². The number of aryl methyl sites for hydroxylation is 1. The molecule has 1 atom stereocenters. The second kappa shape index (κ2) is 5.03. The number of imidazole rings is 1. The maximum atomic E-state index is 12.1. The van der Waals surface area contributed by atoms with E-state index in [0.717, 1.165) is 30.5 Å². The minimum absolute atomic E-state index is 0.296. The molecule has 8 heteroatoms. The number of hydrogen-bond donors (Lipinski definition) is 2. The van der Waals surface area contributed by atoms with Crippen molar-refractivity contribution in [1.29, 1.82) is 0 Å².